The standard InChI is InChI=1S/C13H17NO2/c1-2-16-13(15)10-4-3-9-5-6-12(14)8-11(9)7-10/h3-4,7,12H,2,5-6,8,14H2,1H3/t12-/m0/s1. The molecule has 86 valence electrons. The predicted octanol–water partition coefficient (Wildman–Crippen LogP) is 1.68. The highest BCUT2D eigenvalue weighted by Gasteiger charge is 2.17. The quantitative estimate of drug-likeness (QED) is 0.770. The van der Waals surface area contributed by atoms with Gasteiger partial charge in [0.05, 0.1) is 12.2 Å². The molecular weight excluding hydrogens is 202 g/mol. The Hall–Kier alpha value is -1.35. The molecule has 0 aliphatic heterocycles. The second-order valence-electron chi connectivity index (χ2n) is 4.21. The van der Waals surface area contributed by atoms with Crippen molar-refractivity contribution in [2.75, 3.05) is 6.61 Å². The van der Waals surface area contributed by atoms with Crippen LogP contribution in [-0.4, -0.2) is 18.6 Å². The van der Waals surface area contributed by atoms with Crippen molar-refractivity contribution in [3.63, 3.8) is 0 Å². The number of carbonyl (C=O) groups is 1. The molecule has 0 heterocycles. The number of fused-ring (bicyclic) bond motifs is 1. The van der Waals surface area contributed by atoms with Crippen molar-refractivity contribution >= 4 is 5.97 Å². The number of esters is 1. The number of nitrogens with two attached hydrogens (primary N) is 1. The Morgan fingerprint density at radius 3 is 3.06 bits per heavy atom. The highest BCUT2D eigenvalue weighted by molar-refractivity contribution is 5.89. The van der Waals surface area contributed by atoms with E-state index in [0.717, 1.165) is 19.3 Å². The molecule has 0 saturated carbocycles. The van der Waals surface area contributed by atoms with Crippen LogP contribution in [0.1, 0.15) is 34.8 Å². The Labute approximate surface area is 95.6 Å². The van der Waals surface area contributed by atoms with Gasteiger partial charge in [-0.25, -0.2) is 4.79 Å². The van der Waals surface area contributed by atoms with Crippen molar-refractivity contribution in [3.05, 3.63) is 34.9 Å². The van der Waals surface area contributed by atoms with Crippen LogP contribution >= 0.6 is 0 Å². The minimum absolute atomic E-state index is 0.227. The van der Waals surface area contributed by atoms with Gasteiger partial charge < -0.3 is 10.5 Å². The summed E-state index contributed by atoms with van der Waals surface area (Å²) in [4.78, 5) is 11.6. The zero-order valence-corrected chi connectivity index (χ0v) is 9.53. The summed E-state index contributed by atoms with van der Waals surface area (Å²) in [6.45, 7) is 2.22. The topological polar surface area (TPSA) is 52.3 Å². The van der Waals surface area contributed by atoms with Crippen LogP contribution in [0.15, 0.2) is 18.2 Å². The molecule has 0 saturated heterocycles. The maximum atomic E-state index is 11.6. The molecule has 1 atom stereocenters. The number of hydrogen-bond donors (Lipinski definition) is 1. The van der Waals surface area contributed by atoms with Crippen LogP contribution in [0, 0.1) is 0 Å². The normalized spacial score (nSPS) is 19.0. The summed E-state index contributed by atoms with van der Waals surface area (Å²) in [5, 5.41) is 0. The monoisotopic (exact) mass is 219 g/mol. The number of hydrogen-bond acceptors (Lipinski definition) is 3. The molecule has 0 radical (unpaired) electrons. The first kappa shape index (κ1) is 11.1. The van der Waals surface area contributed by atoms with Gasteiger partial charge in [0.15, 0.2) is 0 Å². The maximum Gasteiger partial charge on any atom is 0.338 e. The lowest BCUT2D eigenvalue weighted by Gasteiger charge is -2.21. The molecule has 0 fully saturated rings. The lowest BCUT2D eigenvalue weighted by atomic mass is 9.88. The third kappa shape index (κ3) is 2.25. The van der Waals surface area contributed by atoms with E-state index in [-0.39, 0.29) is 12.0 Å². The second-order valence-corrected chi connectivity index (χ2v) is 4.21. The van der Waals surface area contributed by atoms with Crippen molar-refractivity contribution in [2.24, 2.45) is 5.73 Å². The minimum Gasteiger partial charge on any atom is -0.462 e. The summed E-state index contributed by atoms with van der Waals surface area (Å²) in [5.41, 5.74) is 9.07. The van der Waals surface area contributed by atoms with Gasteiger partial charge in [-0.3, -0.25) is 0 Å². The number of ether oxygens (including phenoxy) is 1. The van der Waals surface area contributed by atoms with Crippen LogP contribution in [0.25, 0.3) is 0 Å². The molecule has 1 aromatic rings. The molecule has 1 aliphatic rings. The summed E-state index contributed by atoms with van der Waals surface area (Å²) >= 11 is 0. The molecule has 0 bridgehead atoms. The first-order chi connectivity index (χ1) is 7.70. The first-order valence-corrected chi connectivity index (χ1v) is 5.75. The van der Waals surface area contributed by atoms with Crippen molar-refractivity contribution in [1.82, 2.24) is 0 Å². The predicted molar refractivity (Wildman–Crippen MR) is 62.4 cm³/mol. The van der Waals surface area contributed by atoms with E-state index in [1.165, 1.54) is 11.1 Å². The Kier molecular flexibility index (Phi) is 3.25. The molecule has 1 aromatic carbocycles. The fraction of sp³-hybridized carbons (Fsp3) is 0.462. The summed E-state index contributed by atoms with van der Waals surface area (Å²) in [6, 6.07) is 6.01. The van der Waals surface area contributed by atoms with E-state index in [9.17, 15) is 4.79 Å². The Bertz CT molecular complexity index is 401. The molecule has 3 nitrogen and oxygen atoms in total. The van der Waals surface area contributed by atoms with E-state index in [1.807, 2.05) is 25.1 Å². The van der Waals surface area contributed by atoms with E-state index >= 15 is 0 Å². The van der Waals surface area contributed by atoms with Gasteiger partial charge in [0.1, 0.15) is 0 Å². The highest BCUT2D eigenvalue weighted by Crippen LogP contribution is 2.22. The number of benzene rings is 1. The third-order valence-electron chi connectivity index (χ3n) is 2.98. The number of aryl methyl sites for hydroxylation is 1. The van der Waals surface area contributed by atoms with Crippen molar-refractivity contribution in [2.45, 2.75) is 32.2 Å². The van der Waals surface area contributed by atoms with Gasteiger partial charge in [-0.05, 0) is 49.4 Å². The van der Waals surface area contributed by atoms with Gasteiger partial charge >= 0.3 is 5.97 Å². The molecule has 2 rings (SSSR count). The smallest absolute Gasteiger partial charge is 0.338 e. The van der Waals surface area contributed by atoms with E-state index < -0.39 is 0 Å². The van der Waals surface area contributed by atoms with Crippen LogP contribution in [0.5, 0.6) is 0 Å². The molecule has 0 spiro atoms. The highest BCUT2D eigenvalue weighted by atomic mass is 16.5. The molecule has 0 amide bonds. The van der Waals surface area contributed by atoms with Crippen LogP contribution in [0.3, 0.4) is 0 Å². The molecule has 0 unspecified atom stereocenters. The van der Waals surface area contributed by atoms with E-state index in [2.05, 4.69) is 0 Å². The van der Waals surface area contributed by atoms with E-state index in [0.29, 0.717) is 12.2 Å². The Morgan fingerprint density at radius 1 is 1.50 bits per heavy atom. The molecular formula is C13H17NO2. The summed E-state index contributed by atoms with van der Waals surface area (Å²) in [7, 11) is 0. The maximum absolute atomic E-state index is 11.6. The molecule has 1 aliphatic carbocycles. The lowest BCUT2D eigenvalue weighted by Crippen LogP contribution is -2.28. The number of rotatable bonds is 2. The van der Waals surface area contributed by atoms with Gasteiger partial charge in [-0.1, -0.05) is 6.07 Å². The van der Waals surface area contributed by atoms with Gasteiger partial charge in [-0.2, -0.15) is 0 Å². The fourth-order valence-corrected chi connectivity index (χ4v) is 2.13. The molecule has 16 heavy (non-hydrogen) atoms. The first-order valence-electron chi connectivity index (χ1n) is 5.75. The van der Waals surface area contributed by atoms with Crippen molar-refractivity contribution in [3.8, 4) is 0 Å². The Balaban J connectivity index is 2.24. The molecule has 2 N–H and O–H groups in total. The third-order valence-corrected chi connectivity index (χ3v) is 2.98. The largest absolute Gasteiger partial charge is 0.462 e. The van der Waals surface area contributed by atoms with Crippen LogP contribution in [0.2, 0.25) is 0 Å². The van der Waals surface area contributed by atoms with Crippen LogP contribution in [-0.2, 0) is 17.6 Å². The molecule has 3 heteroatoms. The Morgan fingerprint density at radius 2 is 2.31 bits per heavy atom. The van der Waals surface area contributed by atoms with Crippen LogP contribution < -0.4 is 5.73 Å². The minimum atomic E-state index is -0.246. The zero-order valence-electron chi connectivity index (χ0n) is 9.53. The second kappa shape index (κ2) is 4.66. The van der Waals surface area contributed by atoms with E-state index in [4.69, 9.17) is 10.5 Å². The van der Waals surface area contributed by atoms with Gasteiger partial charge in [0, 0.05) is 6.04 Å². The van der Waals surface area contributed by atoms with Crippen molar-refractivity contribution in [1.29, 1.82) is 0 Å². The molecule has 0 aromatic heterocycles. The van der Waals surface area contributed by atoms with Gasteiger partial charge in [0.2, 0.25) is 0 Å². The summed E-state index contributed by atoms with van der Waals surface area (Å²) in [6.07, 6.45) is 2.91. The average Bonchev–Trinajstić information content (AvgIpc) is 2.28. The van der Waals surface area contributed by atoms with Gasteiger partial charge in [0.25, 0.3) is 0 Å². The summed E-state index contributed by atoms with van der Waals surface area (Å²) in [5.74, 6) is -0.246. The fourth-order valence-electron chi connectivity index (χ4n) is 2.13. The average molecular weight is 219 g/mol. The lowest BCUT2D eigenvalue weighted by molar-refractivity contribution is 0.0526. The van der Waals surface area contributed by atoms with E-state index in [1.54, 1.807) is 0 Å². The van der Waals surface area contributed by atoms with Gasteiger partial charge in [-0.15, -0.1) is 0 Å². The SMILES string of the molecule is CCOC(=O)c1ccc2c(c1)C[C@@H](N)CC2. The summed E-state index contributed by atoms with van der Waals surface area (Å²) < 4.78 is 4.98. The van der Waals surface area contributed by atoms with Crippen molar-refractivity contribution < 1.29 is 9.53 Å². The zero-order chi connectivity index (χ0) is 11.5. The van der Waals surface area contributed by atoms with Crippen LogP contribution in [0.4, 0.5) is 0 Å². The number of carbonyl (C=O) groups excluding carboxylic acids is 1.